The molecule has 0 saturated heterocycles. The SMILES string of the molecule is CCOC(=O)C1=C(c2ccccc2)NC(=O)/C1=C(/O)c1ccc(Br)cc1. The van der Waals surface area contributed by atoms with Gasteiger partial charge in [0.15, 0.2) is 0 Å². The molecule has 1 amide bonds. The Morgan fingerprint density at radius 2 is 1.77 bits per heavy atom. The minimum atomic E-state index is -0.664. The summed E-state index contributed by atoms with van der Waals surface area (Å²) in [6, 6.07) is 15.8. The maximum Gasteiger partial charge on any atom is 0.341 e. The van der Waals surface area contributed by atoms with E-state index in [1.165, 1.54) is 0 Å². The van der Waals surface area contributed by atoms with Gasteiger partial charge in [0.05, 0.1) is 17.9 Å². The quantitative estimate of drug-likeness (QED) is 0.453. The van der Waals surface area contributed by atoms with E-state index in [0.717, 1.165) is 4.47 Å². The fraction of sp³-hybridized carbons (Fsp3) is 0.100. The third kappa shape index (κ3) is 3.41. The molecule has 2 aromatic rings. The highest BCUT2D eigenvalue weighted by Crippen LogP contribution is 2.33. The number of amides is 1. The van der Waals surface area contributed by atoms with Crippen LogP contribution in [0.4, 0.5) is 0 Å². The number of nitrogens with one attached hydrogen (secondary N) is 1. The van der Waals surface area contributed by atoms with Crippen LogP contribution >= 0.6 is 15.9 Å². The molecule has 1 aliphatic rings. The zero-order valence-corrected chi connectivity index (χ0v) is 15.5. The van der Waals surface area contributed by atoms with Gasteiger partial charge in [-0.2, -0.15) is 0 Å². The predicted octanol–water partition coefficient (Wildman–Crippen LogP) is 3.82. The van der Waals surface area contributed by atoms with Crippen molar-refractivity contribution in [2.45, 2.75) is 6.92 Å². The highest BCUT2D eigenvalue weighted by Gasteiger charge is 2.36. The molecule has 26 heavy (non-hydrogen) atoms. The number of carbonyl (C=O) groups is 2. The first-order valence-electron chi connectivity index (χ1n) is 8.00. The molecule has 0 fully saturated rings. The summed E-state index contributed by atoms with van der Waals surface area (Å²) < 4.78 is 5.95. The Bertz CT molecular complexity index is 915. The van der Waals surface area contributed by atoms with E-state index in [2.05, 4.69) is 21.2 Å². The number of rotatable bonds is 4. The average molecular weight is 414 g/mol. The van der Waals surface area contributed by atoms with E-state index in [4.69, 9.17) is 4.74 Å². The van der Waals surface area contributed by atoms with Crippen LogP contribution in [-0.4, -0.2) is 23.6 Å². The molecule has 0 bridgehead atoms. The first-order chi connectivity index (χ1) is 12.5. The second kappa shape index (κ2) is 7.58. The van der Waals surface area contributed by atoms with Gasteiger partial charge < -0.3 is 15.2 Å². The molecule has 0 radical (unpaired) electrons. The minimum Gasteiger partial charge on any atom is -0.506 e. The second-order valence-electron chi connectivity index (χ2n) is 5.52. The Balaban J connectivity index is 2.20. The van der Waals surface area contributed by atoms with E-state index in [0.29, 0.717) is 16.8 Å². The number of carbonyl (C=O) groups excluding carboxylic acids is 2. The lowest BCUT2D eigenvalue weighted by Gasteiger charge is -2.09. The molecule has 2 aromatic carbocycles. The summed E-state index contributed by atoms with van der Waals surface area (Å²) in [5.74, 6) is -1.49. The maximum atomic E-state index is 12.6. The molecule has 2 N–H and O–H groups in total. The molecule has 3 rings (SSSR count). The lowest BCUT2D eigenvalue weighted by Crippen LogP contribution is -2.17. The van der Waals surface area contributed by atoms with Gasteiger partial charge in [-0.1, -0.05) is 58.4 Å². The van der Waals surface area contributed by atoms with Crippen molar-refractivity contribution in [3.05, 3.63) is 81.3 Å². The normalized spacial score (nSPS) is 15.7. The molecule has 0 saturated carbocycles. The van der Waals surface area contributed by atoms with Crippen LogP contribution in [0.3, 0.4) is 0 Å². The molecule has 0 aromatic heterocycles. The molecular formula is C20H16BrNO4. The number of aliphatic hydroxyl groups is 1. The van der Waals surface area contributed by atoms with Crippen LogP contribution in [0.5, 0.6) is 0 Å². The Labute approximate surface area is 159 Å². The van der Waals surface area contributed by atoms with E-state index in [1.54, 1.807) is 55.5 Å². The van der Waals surface area contributed by atoms with Gasteiger partial charge in [-0.3, -0.25) is 4.79 Å². The van der Waals surface area contributed by atoms with Crippen molar-refractivity contribution in [2.24, 2.45) is 0 Å². The zero-order valence-electron chi connectivity index (χ0n) is 14.0. The van der Waals surface area contributed by atoms with Gasteiger partial charge in [0.25, 0.3) is 5.91 Å². The van der Waals surface area contributed by atoms with Crippen molar-refractivity contribution >= 4 is 39.3 Å². The van der Waals surface area contributed by atoms with Gasteiger partial charge in [0, 0.05) is 10.0 Å². The summed E-state index contributed by atoms with van der Waals surface area (Å²) in [6.07, 6.45) is 0. The Morgan fingerprint density at radius 1 is 1.12 bits per heavy atom. The molecule has 0 spiro atoms. The molecule has 0 aliphatic carbocycles. The van der Waals surface area contributed by atoms with Crippen molar-refractivity contribution in [1.82, 2.24) is 5.32 Å². The van der Waals surface area contributed by atoms with Gasteiger partial charge >= 0.3 is 5.97 Å². The largest absolute Gasteiger partial charge is 0.506 e. The topological polar surface area (TPSA) is 75.6 Å². The van der Waals surface area contributed by atoms with Crippen LogP contribution in [0.2, 0.25) is 0 Å². The zero-order chi connectivity index (χ0) is 18.7. The Hall–Kier alpha value is -2.86. The number of esters is 1. The van der Waals surface area contributed by atoms with Gasteiger partial charge in [0.2, 0.25) is 0 Å². The van der Waals surface area contributed by atoms with E-state index in [9.17, 15) is 14.7 Å². The van der Waals surface area contributed by atoms with Gasteiger partial charge in [-0.25, -0.2) is 4.79 Å². The Kier molecular flexibility index (Phi) is 5.23. The number of hydrogen-bond donors (Lipinski definition) is 2. The monoisotopic (exact) mass is 413 g/mol. The lowest BCUT2D eigenvalue weighted by atomic mass is 9.99. The van der Waals surface area contributed by atoms with Gasteiger partial charge in [-0.05, 0) is 24.6 Å². The summed E-state index contributed by atoms with van der Waals surface area (Å²) in [5.41, 5.74) is 1.35. The van der Waals surface area contributed by atoms with Crippen molar-refractivity contribution in [2.75, 3.05) is 6.61 Å². The third-order valence-electron chi connectivity index (χ3n) is 3.86. The second-order valence-corrected chi connectivity index (χ2v) is 6.44. The number of halogens is 1. The summed E-state index contributed by atoms with van der Waals surface area (Å²) in [6.45, 7) is 1.84. The molecule has 132 valence electrons. The van der Waals surface area contributed by atoms with E-state index in [1.807, 2.05) is 6.07 Å². The summed E-state index contributed by atoms with van der Waals surface area (Å²) in [4.78, 5) is 25.1. The first-order valence-corrected chi connectivity index (χ1v) is 8.80. The molecule has 6 heteroatoms. The van der Waals surface area contributed by atoms with Crippen LogP contribution in [0.1, 0.15) is 18.1 Å². The van der Waals surface area contributed by atoms with E-state index >= 15 is 0 Å². The number of benzene rings is 2. The van der Waals surface area contributed by atoms with Crippen LogP contribution in [-0.2, 0) is 14.3 Å². The van der Waals surface area contributed by atoms with Crippen molar-refractivity contribution in [3.8, 4) is 0 Å². The summed E-state index contributed by atoms with van der Waals surface area (Å²) >= 11 is 3.33. The first kappa shape index (κ1) is 17.9. The molecular weight excluding hydrogens is 398 g/mol. The summed E-state index contributed by atoms with van der Waals surface area (Å²) in [5, 5.41) is 13.4. The van der Waals surface area contributed by atoms with E-state index < -0.39 is 11.9 Å². The minimum absolute atomic E-state index is 0.0310. The van der Waals surface area contributed by atoms with Crippen molar-refractivity contribution in [1.29, 1.82) is 0 Å². The molecule has 5 nitrogen and oxygen atoms in total. The Morgan fingerprint density at radius 3 is 2.38 bits per heavy atom. The van der Waals surface area contributed by atoms with Crippen molar-refractivity contribution < 1.29 is 19.4 Å². The fourth-order valence-electron chi connectivity index (χ4n) is 2.68. The maximum absolute atomic E-state index is 12.6. The number of hydrogen-bond acceptors (Lipinski definition) is 4. The molecule has 1 aliphatic heterocycles. The van der Waals surface area contributed by atoms with Crippen LogP contribution in [0.25, 0.3) is 11.5 Å². The molecule has 0 unspecified atom stereocenters. The van der Waals surface area contributed by atoms with Crippen LogP contribution in [0.15, 0.2) is 70.2 Å². The van der Waals surface area contributed by atoms with Crippen molar-refractivity contribution in [3.63, 3.8) is 0 Å². The standard InChI is InChI=1S/C20H16BrNO4/c1-2-26-20(25)15-16(18(23)13-8-10-14(21)11-9-13)19(24)22-17(15)12-6-4-3-5-7-12/h3-11,23H,2H2,1H3,(H,22,24)/b18-16+. The van der Waals surface area contributed by atoms with Gasteiger partial charge in [0.1, 0.15) is 11.3 Å². The van der Waals surface area contributed by atoms with Gasteiger partial charge in [-0.15, -0.1) is 0 Å². The smallest absolute Gasteiger partial charge is 0.341 e. The third-order valence-corrected chi connectivity index (χ3v) is 4.39. The predicted molar refractivity (Wildman–Crippen MR) is 102 cm³/mol. The summed E-state index contributed by atoms with van der Waals surface area (Å²) in [7, 11) is 0. The van der Waals surface area contributed by atoms with E-state index in [-0.39, 0.29) is 23.5 Å². The van der Waals surface area contributed by atoms with Crippen LogP contribution in [0, 0.1) is 0 Å². The highest BCUT2D eigenvalue weighted by molar-refractivity contribution is 9.10. The fourth-order valence-corrected chi connectivity index (χ4v) is 2.95. The number of aliphatic hydroxyl groups excluding tert-OH is 1. The average Bonchev–Trinajstić information content (AvgIpc) is 3.00. The molecule has 0 atom stereocenters. The lowest BCUT2D eigenvalue weighted by molar-refractivity contribution is -0.138. The molecule has 1 heterocycles. The number of ether oxygens (including phenoxy) is 1. The van der Waals surface area contributed by atoms with Crippen LogP contribution < -0.4 is 5.32 Å². The highest BCUT2D eigenvalue weighted by atomic mass is 79.9.